The lowest BCUT2D eigenvalue weighted by Gasteiger charge is -2.28. The van der Waals surface area contributed by atoms with Gasteiger partial charge in [-0.05, 0) is 42.3 Å². The molecule has 22 heavy (non-hydrogen) atoms. The summed E-state index contributed by atoms with van der Waals surface area (Å²) in [5.41, 5.74) is 6.32. The van der Waals surface area contributed by atoms with Crippen LogP contribution in [-0.2, 0) is 16.9 Å². The largest absolute Gasteiger partial charge is 0.497 e. The van der Waals surface area contributed by atoms with Crippen molar-refractivity contribution < 1.29 is 9.53 Å². The zero-order chi connectivity index (χ0) is 16.2. The van der Waals surface area contributed by atoms with Gasteiger partial charge in [-0.1, -0.05) is 35.9 Å². The van der Waals surface area contributed by atoms with Crippen LogP contribution in [0, 0.1) is 0 Å². The van der Waals surface area contributed by atoms with Crippen molar-refractivity contribution in [2.45, 2.75) is 19.0 Å². The summed E-state index contributed by atoms with van der Waals surface area (Å²) >= 11 is 6.02. The fraction of sp³-hybridized carbons (Fsp3) is 0.235. The van der Waals surface area contributed by atoms with E-state index < -0.39 is 11.4 Å². The first-order valence-electron chi connectivity index (χ1n) is 6.89. The monoisotopic (exact) mass is 318 g/mol. The van der Waals surface area contributed by atoms with Crippen LogP contribution in [0.3, 0.4) is 0 Å². The van der Waals surface area contributed by atoms with Crippen LogP contribution >= 0.6 is 11.6 Å². The van der Waals surface area contributed by atoms with Gasteiger partial charge in [0.25, 0.3) is 0 Å². The third kappa shape index (κ3) is 3.59. The predicted molar refractivity (Wildman–Crippen MR) is 87.8 cm³/mol. The molecule has 0 heterocycles. The number of hydrogen-bond donors (Lipinski definition) is 2. The van der Waals surface area contributed by atoms with Gasteiger partial charge in [0.2, 0.25) is 5.91 Å². The Morgan fingerprint density at radius 3 is 2.64 bits per heavy atom. The van der Waals surface area contributed by atoms with E-state index in [0.29, 0.717) is 11.6 Å². The minimum atomic E-state index is -1.01. The van der Waals surface area contributed by atoms with Crippen LogP contribution in [0.4, 0.5) is 0 Å². The smallest absolute Gasteiger partial charge is 0.242 e. The molecule has 0 saturated carbocycles. The summed E-state index contributed by atoms with van der Waals surface area (Å²) in [5, 5.41) is 3.78. The molecule has 5 heteroatoms. The topological polar surface area (TPSA) is 64.3 Å². The van der Waals surface area contributed by atoms with Crippen molar-refractivity contribution in [3.63, 3.8) is 0 Å². The van der Waals surface area contributed by atoms with Crippen molar-refractivity contribution in [1.29, 1.82) is 0 Å². The molecule has 0 fully saturated rings. The van der Waals surface area contributed by atoms with E-state index in [9.17, 15) is 4.79 Å². The molecule has 0 aliphatic carbocycles. The number of rotatable bonds is 6. The second kappa shape index (κ2) is 6.81. The Balaban J connectivity index is 2.23. The SMILES string of the molecule is COc1cccc(CN[C@](C)(C(N)=O)c2cccc(Cl)c2)c1. The third-order valence-electron chi connectivity index (χ3n) is 3.67. The molecule has 0 spiro atoms. The van der Waals surface area contributed by atoms with Crippen LogP contribution < -0.4 is 15.8 Å². The van der Waals surface area contributed by atoms with Gasteiger partial charge in [0.15, 0.2) is 0 Å². The molecule has 0 bridgehead atoms. The maximum Gasteiger partial charge on any atom is 0.242 e. The number of amides is 1. The summed E-state index contributed by atoms with van der Waals surface area (Å²) in [5.74, 6) is 0.306. The van der Waals surface area contributed by atoms with E-state index in [4.69, 9.17) is 22.1 Å². The lowest BCUT2D eigenvalue weighted by Crippen LogP contribution is -2.50. The molecule has 0 radical (unpaired) electrons. The molecule has 0 unspecified atom stereocenters. The van der Waals surface area contributed by atoms with Crippen LogP contribution in [0.5, 0.6) is 5.75 Å². The van der Waals surface area contributed by atoms with E-state index in [1.165, 1.54) is 0 Å². The summed E-state index contributed by atoms with van der Waals surface area (Å²) in [6, 6.07) is 14.8. The maximum absolute atomic E-state index is 12.0. The number of benzene rings is 2. The number of carbonyl (C=O) groups excluding carboxylic acids is 1. The van der Waals surface area contributed by atoms with Crippen LogP contribution in [-0.4, -0.2) is 13.0 Å². The van der Waals surface area contributed by atoms with Crippen molar-refractivity contribution in [2.75, 3.05) is 7.11 Å². The second-order valence-electron chi connectivity index (χ2n) is 5.20. The van der Waals surface area contributed by atoms with E-state index >= 15 is 0 Å². The zero-order valence-corrected chi connectivity index (χ0v) is 13.4. The molecular weight excluding hydrogens is 300 g/mol. The first-order chi connectivity index (χ1) is 10.5. The number of primary amides is 1. The molecule has 0 aliphatic heterocycles. The van der Waals surface area contributed by atoms with E-state index in [1.54, 1.807) is 32.2 Å². The van der Waals surface area contributed by atoms with Gasteiger partial charge in [-0.15, -0.1) is 0 Å². The van der Waals surface area contributed by atoms with E-state index in [-0.39, 0.29) is 0 Å². The Bertz CT molecular complexity index is 675. The summed E-state index contributed by atoms with van der Waals surface area (Å²) in [6.45, 7) is 2.23. The van der Waals surface area contributed by atoms with Crippen LogP contribution in [0.2, 0.25) is 5.02 Å². The first-order valence-corrected chi connectivity index (χ1v) is 7.27. The number of ether oxygens (including phenoxy) is 1. The molecule has 1 amide bonds. The number of halogens is 1. The number of carbonyl (C=O) groups is 1. The molecule has 2 rings (SSSR count). The number of nitrogens with two attached hydrogens (primary N) is 1. The van der Waals surface area contributed by atoms with Crippen molar-refractivity contribution in [1.82, 2.24) is 5.32 Å². The highest BCUT2D eigenvalue weighted by atomic mass is 35.5. The first kappa shape index (κ1) is 16.3. The van der Waals surface area contributed by atoms with Gasteiger partial charge in [-0.25, -0.2) is 0 Å². The van der Waals surface area contributed by atoms with E-state index in [0.717, 1.165) is 16.9 Å². The second-order valence-corrected chi connectivity index (χ2v) is 5.64. The molecule has 0 saturated heterocycles. The minimum absolute atomic E-state index is 0.460. The van der Waals surface area contributed by atoms with E-state index in [2.05, 4.69) is 5.32 Å². The lowest BCUT2D eigenvalue weighted by molar-refractivity contribution is -0.124. The van der Waals surface area contributed by atoms with Crippen LogP contribution in [0.1, 0.15) is 18.1 Å². The van der Waals surface area contributed by atoms with Gasteiger partial charge >= 0.3 is 0 Å². The molecular formula is C17H19ClN2O2. The quantitative estimate of drug-likeness (QED) is 0.860. The average molecular weight is 319 g/mol. The highest BCUT2D eigenvalue weighted by molar-refractivity contribution is 6.30. The molecule has 1 atom stereocenters. The lowest BCUT2D eigenvalue weighted by atomic mass is 9.91. The Morgan fingerprint density at radius 2 is 2.00 bits per heavy atom. The van der Waals surface area contributed by atoms with Crippen LogP contribution in [0.15, 0.2) is 48.5 Å². The number of methoxy groups -OCH3 is 1. The Kier molecular flexibility index (Phi) is 5.06. The maximum atomic E-state index is 12.0. The van der Waals surface area contributed by atoms with Gasteiger partial charge in [0.1, 0.15) is 11.3 Å². The Morgan fingerprint density at radius 1 is 1.27 bits per heavy atom. The highest BCUT2D eigenvalue weighted by Crippen LogP contribution is 2.24. The molecule has 2 aromatic rings. The molecule has 4 nitrogen and oxygen atoms in total. The molecule has 3 N–H and O–H groups in total. The third-order valence-corrected chi connectivity index (χ3v) is 3.91. The van der Waals surface area contributed by atoms with Crippen molar-refractivity contribution in [2.24, 2.45) is 5.73 Å². The summed E-state index contributed by atoms with van der Waals surface area (Å²) < 4.78 is 5.20. The number of hydrogen-bond acceptors (Lipinski definition) is 3. The number of nitrogens with one attached hydrogen (secondary N) is 1. The van der Waals surface area contributed by atoms with Gasteiger partial charge in [-0.3, -0.25) is 10.1 Å². The molecule has 0 aromatic heterocycles. The Labute approximate surface area is 135 Å². The standard InChI is InChI=1S/C17H19ClN2O2/c1-17(16(19)21,13-6-4-7-14(18)10-13)20-11-12-5-3-8-15(9-12)22-2/h3-10,20H,11H2,1-2H3,(H2,19,21)/t17-/m0/s1. The van der Waals surface area contributed by atoms with E-state index in [1.807, 2.05) is 30.3 Å². The summed E-state index contributed by atoms with van der Waals surface area (Å²) in [4.78, 5) is 12.0. The summed E-state index contributed by atoms with van der Waals surface area (Å²) in [6.07, 6.45) is 0. The van der Waals surface area contributed by atoms with Crippen molar-refractivity contribution in [3.8, 4) is 5.75 Å². The van der Waals surface area contributed by atoms with Crippen molar-refractivity contribution in [3.05, 3.63) is 64.7 Å². The predicted octanol–water partition coefficient (Wildman–Crippen LogP) is 2.84. The highest BCUT2D eigenvalue weighted by Gasteiger charge is 2.32. The Hall–Kier alpha value is -2.04. The van der Waals surface area contributed by atoms with Gasteiger partial charge in [-0.2, -0.15) is 0 Å². The fourth-order valence-corrected chi connectivity index (χ4v) is 2.38. The van der Waals surface area contributed by atoms with Gasteiger partial charge in [0.05, 0.1) is 7.11 Å². The zero-order valence-electron chi connectivity index (χ0n) is 12.6. The fourth-order valence-electron chi connectivity index (χ4n) is 2.19. The molecule has 2 aromatic carbocycles. The van der Waals surface area contributed by atoms with Gasteiger partial charge in [0, 0.05) is 11.6 Å². The molecule has 0 aliphatic rings. The van der Waals surface area contributed by atoms with Gasteiger partial charge < -0.3 is 10.5 Å². The van der Waals surface area contributed by atoms with Crippen molar-refractivity contribution >= 4 is 17.5 Å². The summed E-state index contributed by atoms with van der Waals surface area (Å²) in [7, 11) is 1.62. The average Bonchev–Trinajstić information content (AvgIpc) is 2.52. The van der Waals surface area contributed by atoms with Crippen LogP contribution in [0.25, 0.3) is 0 Å². The normalized spacial score (nSPS) is 13.4. The minimum Gasteiger partial charge on any atom is -0.497 e. The molecule has 116 valence electrons.